The number of nitrogens with zero attached hydrogens (tertiary/aromatic N) is 2. The Morgan fingerprint density at radius 1 is 0.941 bits per heavy atom. The maximum Gasteiger partial charge on any atom is 0.243 e. The average molecular weight is 486 g/mol. The molecule has 5 rings (SSSR count). The van der Waals surface area contributed by atoms with Crippen LogP contribution in [0.15, 0.2) is 53.4 Å². The summed E-state index contributed by atoms with van der Waals surface area (Å²) in [7, 11) is -3.64. The van der Waals surface area contributed by atoms with E-state index in [1.54, 1.807) is 12.1 Å². The normalized spacial score (nSPS) is 21.9. The van der Waals surface area contributed by atoms with Crippen LogP contribution < -0.4 is 14.8 Å². The van der Waals surface area contributed by atoms with Gasteiger partial charge in [-0.05, 0) is 37.0 Å². The Morgan fingerprint density at radius 3 is 2.44 bits per heavy atom. The lowest BCUT2D eigenvalue weighted by Gasteiger charge is -2.31. The van der Waals surface area contributed by atoms with E-state index in [4.69, 9.17) is 9.47 Å². The highest BCUT2D eigenvalue weighted by molar-refractivity contribution is 7.89. The quantitative estimate of drug-likeness (QED) is 0.675. The lowest BCUT2D eigenvalue weighted by molar-refractivity contribution is -0.126. The lowest BCUT2D eigenvalue weighted by Crippen LogP contribution is -2.45. The molecule has 0 bridgehead atoms. The first kappa shape index (κ1) is 23.1. The summed E-state index contributed by atoms with van der Waals surface area (Å²) in [6, 6.07) is 15.2. The van der Waals surface area contributed by atoms with Crippen molar-refractivity contribution in [1.29, 1.82) is 0 Å². The van der Waals surface area contributed by atoms with E-state index in [1.807, 2.05) is 18.2 Å². The summed E-state index contributed by atoms with van der Waals surface area (Å²) in [5, 5.41) is 3.20. The molecular weight excluding hydrogens is 454 g/mol. The summed E-state index contributed by atoms with van der Waals surface area (Å²) in [6.07, 6.45) is 1.99. The van der Waals surface area contributed by atoms with Crippen LogP contribution in [0, 0.1) is 5.92 Å². The first-order valence-corrected chi connectivity index (χ1v) is 13.4. The topological polar surface area (TPSA) is 88.2 Å². The maximum absolute atomic E-state index is 13.1. The van der Waals surface area contributed by atoms with Crippen molar-refractivity contribution in [2.45, 2.75) is 36.7 Å². The van der Waals surface area contributed by atoms with Crippen LogP contribution in [-0.4, -0.2) is 69.0 Å². The molecule has 1 amide bonds. The van der Waals surface area contributed by atoms with Crippen LogP contribution in [0.2, 0.25) is 0 Å². The van der Waals surface area contributed by atoms with E-state index >= 15 is 0 Å². The predicted octanol–water partition coefficient (Wildman–Crippen LogP) is 2.25. The molecule has 34 heavy (non-hydrogen) atoms. The number of piperidine rings is 1. The fourth-order valence-corrected chi connectivity index (χ4v) is 6.43. The molecule has 0 aliphatic carbocycles. The van der Waals surface area contributed by atoms with Gasteiger partial charge in [0.25, 0.3) is 0 Å². The summed E-state index contributed by atoms with van der Waals surface area (Å²) in [5.41, 5.74) is 1.28. The molecule has 182 valence electrons. The van der Waals surface area contributed by atoms with E-state index in [0.29, 0.717) is 50.6 Å². The Kier molecular flexibility index (Phi) is 6.76. The number of ether oxygens (including phenoxy) is 2. The van der Waals surface area contributed by atoms with Crippen LogP contribution in [0.5, 0.6) is 11.5 Å². The second-order valence-corrected chi connectivity index (χ2v) is 11.1. The van der Waals surface area contributed by atoms with Crippen LogP contribution in [-0.2, 0) is 21.4 Å². The van der Waals surface area contributed by atoms with Gasteiger partial charge in [0.15, 0.2) is 11.5 Å². The molecule has 2 saturated heterocycles. The second kappa shape index (κ2) is 9.93. The van der Waals surface area contributed by atoms with Crippen LogP contribution >= 0.6 is 0 Å². The summed E-state index contributed by atoms with van der Waals surface area (Å²) in [4.78, 5) is 15.4. The molecule has 2 aromatic rings. The Balaban J connectivity index is 1.12. The van der Waals surface area contributed by atoms with Crippen molar-refractivity contribution in [3.63, 3.8) is 0 Å². The van der Waals surface area contributed by atoms with Gasteiger partial charge in [-0.2, -0.15) is 4.31 Å². The van der Waals surface area contributed by atoms with E-state index in [2.05, 4.69) is 22.3 Å². The van der Waals surface area contributed by atoms with Crippen molar-refractivity contribution in [3.05, 3.63) is 54.1 Å². The lowest BCUT2D eigenvalue weighted by atomic mass is 9.97. The summed E-state index contributed by atoms with van der Waals surface area (Å²) >= 11 is 0. The molecule has 0 spiro atoms. The van der Waals surface area contributed by atoms with Gasteiger partial charge in [0, 0.05) is 50.7 Å². The Labute approximate surface area is 200 Å². The first-order chi connectivity index (χ1) is 16.5. The minimum atomic E-state index is -3.64. The zero-order valence-corrected chi connectivity index (χ0v) is 20.0. The smallest absolute Gasteiger partial charge is 0.243 e. The molecule has 2 aromatic carbocycles. The molecule has 0 saturated carbocycles. The standard InChI is InChI=1S/C25H31N3O5S/c29-25(26-21-10-11-27(18-21)17-19-4-2-1-3-5-19)20-8-12-28(13-9-20)34(30,31)22-6-7-23-24(16-22)33-15-14-32-23/h1-7,16,20-21H,8-15,17-18H2,(H,26,29)/t21-/m1/s1. The second-order valence-electron chi connectivity index (χ2n) is 9.20. The largest absolute Gasteiger partial charge is 0.486 e. The SMILES string of the molecule is O=C(N[C@@H]1CCN(Cc2ccccc2)C1)C1CCN(S(=O)(=O)c2ccc3c(c2)OCCO3)CC1. The number of likely N-dealkylation sites (tertiary alicyclic amines) is 1. The number of sulfonamides is 1. The van der Waals surface area contributed by atoms with Crippen LogP contribution in [0.25, 0.3) is 0 Å². The van der Waals surface area contributed by atoms with E-state index in [1.165, 1.54) is 15.9 Å². The number of rotatable bonds is 6. The van der Waals surface area contributed by atoms with Gasteiger partial charge >= 0.3 is 0 Å². The van der Waals surface area contributed by atoms with Gasteiger partial charge in [-0.3, -0.25) is 9.69 Å². The fourth-order valence-electron chi connectivity index (χ4n) is 4.95. The summed E-state index contributed by atoms with van der Waals surface area (Å²) in [6.45, 7) is 4.23. The number of carbonyl (C=O) groups excluding carboxylic acids is 1. The predicted molar refractivity (Wildman–Crippen MR) is 127 cm³/mol. The van der Waals surface area contributed by atoms with Gasteiger partial charge in [0.05, 0.1) is 4.90 Å². The molecular formula is C25H31N3O5S. The molecule has 0 aromatic heterocycles. The molecule has 8 nitrogen and oxygen atoms in total. The molecule has 0 unspecified atom stereocenters. The number of benzene rings is 2. The van der Waals surface area contributed by atoms with E-state index in [0.717, 1.165) is 26.1 Å². The van der Waals surface area contributed by atoms with Crippen LogP contribution in [0.4, 0.5) is 0 Å². The van der Waals surface area contributed by atoms with E-state index in [9.17, 15) is 13.2 Å². The van der Waals surface area contributed by atoms with Crippen LogP contribution in [0.1, 0.15) is 24.8 Å². The fraction of sp³-hybridized carbons (Fsp3) is 0.480. The Hall–Kier alpha value is -2.62. The van der Waals surface area contributed by atoms with Gasteiger partial charge in [0.2, 0.25) is 15.9 Å². The molecule has 3 aliphatic rings. The number of fused-ring (bicyclic) bond motifs is 1. The molecule has 3 aliphatic heterocycles. The van der Waals surface area contributed by atoms with E-state index < -0.39 is 10.0 Å². The highest BCUT2D eigenvalue weighted by Crippen LogP contribution is 2.34. The molecule has 2 fully saturated rings. The summed E-state index contributed by atoms with van der Waals surface area (Å²) < 4.78 is 38.8. The van der Waals surface area contributed by atoms with Crippen LogP contribution in [0.3, 0.4) is 0 Å². The van der Waals surface area contributed by atoms with Crippen molar-refractivity contribution in [2.75, 3.05) is 39.4 Å². The Bertz CT molecular complexity index is 1120. The molecule has 3 heterocycles. The first-order valence-electron chi connectivity index (χ1n) is 12.0. The van der Waals surface area contributed by atoms with Crippen molar-refractivity contribution < 1.29 is 22.7 Å². The molecule has 9 heteroatoms. The Morgan fingerprint density at radius 2 is 1.68 bits per heavy atom. The minimum absolute atomic E-state index is 0.0444. The van der Waals surface area contributed by atoms with Gasteiger partial charge in [0.1, 0.15) is 13.2 Å². The van der Waals surface area contributed by atoms with Gasteiger partial charge < -0.3 is 14.8 Å². The number of amides is 1. The zero-order chi connectivity index (χ0) is 23.5. The molecule has 0 radical (unpaired) electrons. The van der Waals surface area contributed by atoms with Crippen molar-refractivity contribution in [2.24, 2.45) is 5.92 Å². The number of hydrogen-bond acceptors (Lipinski definition) is 6. The third-order valence-corrected chi connectivity index (χ3v) is 8.74. The molecule has 1 atom stereocenters. The van der Waals surface area contributed by atoms with Gasteiger partial charge in [-0.1, -0.05) is 30.3 Å². The number of hydrogen-bond donors (Lipinski definition) is 1. The third-order valence-electron chi connectivity index (χ3n) is 6.84. The highest BCUT2D eigenvalue weighted by Gasteiger charge is 2.34. The number of nitrogens with one attached hydrogen (secondary N) is 1. The van der Waals surface area contributed by atoms with E-state index in [-0.39, 0.29) is 22.8 Å². The van der Waals surface area contributed by atoms with Gasteiger partial charge in [-0.15, -0.1) is 0 Å². The average Bonchev–Trinajstić information content (AvgIpc) is 3.30. The third kappa shape index (κ3) is 5.06. The minimum Gasteiger partial charge on any atom is -0.486 e. The maximum atomic E-state index is 13.1. The zero-order valence-electron chi connectivity index (χ0n) is 19.2. The van der Waals surface area contributed by atoms with Crippen molar-refractivity contribution >= 4 is 15.9 Å². The summed E-state index contributed by atoms with van der Waals surface area (Å²) in [5.74, 6) is 0.909. The van der Waals surface area contributed by atoms with Crippen molar-refractivity contribution in [3.8, 4) is 11.5 Å². The van der Waals surface area contributed by atoms with Crippen molar-refractivity contribution in [1.82, 2.24) is 14.5 Å². The monoisotopic (exact) mass is 485 g/mol. The highest BCUT2D eigenvalue weighted by atomic mass is 32.2. The van der Waals surface area contributed by atoms with Gasteiger partial charge in [-0.25, -0.2) is 8.42 Å². The molecule has 1 N–H and O–H groups in total. The number of carbonyl (C=O) groups is 1.